The van der Waals surface area contributed by atoms with Crippen LogP contribution in [0.15, 0.2) is 29.3 Å². The van der Waals surface area contributed by atoms with E-state index in [1.807, 2.05) is 6.07 Å². The summed E-state index contributed by atoms with van der Waals surface area (Å²) in [6.45, 7) is 2.04. The average molecular weight is 403 g/mol. The average Bonchev–Trinajstić information content (AvgIpc) is 3.21. The fraction of sp³-hybridized carbons (Fsp3) is 0.562. The van der Waals surface area contributed by atoms with E-state index in [1.165, 1.54) is 31.7 Å². The molecule has 1 saturated heterocycles. The lowest BCUT2D eigenvalue weighted by Crippen LogP contribution is -2.38. The molecule has 2 aliphatic rings. The van der Waals surface area contributed by atoms with Gasteiger partial charge in [-0.05, 0) is 37.0 Å². The van der Waals surface area contributed by atoms with Crippen molar-refractivity contribution in [2.75, 3.05) is 13.1 Å². The summed E-state index contributed by atoms with van der Waals surface area (Å²) >= 11 is 0. The van der Waals surface area contributed by atoms with Crippen LogP contribution in [-0.4, -0.2) is 30.0 Å². The zero-order valence-electron chi connectivity index (χ0n) is 12.2. The Morgan fingerprint density at radius 1 is 1.19 bits per heavy atom. The quantitative estimate of drug-likeness (QED) is 0.467. The van der Waals surface area contributed by atoms with Crippen LogP contribution in [0.4, 0.5) is 4.39 Å². The second kappa shape index (κ2) is 7.42. The zero-order valence-corrected chi connectivity index (χ0v) is 14.5. The van der Waals surface area contributed by atoms with E-state index in [-0.39, 0.29) is 35.8 Å². The molecular weight excluding hydrogens is 380 g/mol. The maximum atomic E-state index is 13.2. The molecule has 1 aromatic rings. The van der Waals surface area contributed by atoms with Gasteiger partial charge < -0.3 is 10.6 Å². The lowest BCUT2D eigenvalue weighted by Gasteiger charge is -2.21. The number of guanidine groups is 1. The van der Waals surface area contributed by atoms with E-state index < -0.39 is 0 Å². The monoisotopic (exact) mass is 403 g/mol. The summed E-state index contributed by atoms with van der Waals surface area (Å²) in [5.41, 5.74) is 7.17. The molecule has 3 rings (SSSR count). The molecule has 2 N–H and O–H groups in total. The zero-order chi connectivity index (χ0) is 13.9. The van der Waals surface area contributed by atoms with Crippen LogP contribution in [0.5, 0.6) is 0 Å². The number of hydrogen-bond acceptors (Lipinski definition) is 1. The van der Waals surface area contributed by atoms with Crippen LogP contribution in [0.25, 0.3) is 0 Å². The van der Waals surface area contributed by atoms with Crippen molar-refractivity contribution < 1.29 is 4.39 Å². The fourth-order valence-electron chi connectivity index (χ4n) is 2.97. The molecule has 0 spiro atoms. The lowest BCUT2D eigenvalue weighted by atomic mass is 10.1. The minimum absolute atomic E-state index is 0. The molecule has 1 saturated carbocycles. The van der Waals surface area contributed by atoms with Gasteiger partial charge in [-0.1, -0.05) is 25.0 Å². The molecule has 0 bridgehead atoms. The summed E-state index contributed by atoms with van der Waals surface area (Å²) in [6.07, 6.45) is 5.97. The largest absolute Gasteiger partial charge is 0.370 e. The van der Waals surface area contributed by atoms with Gasteiger partial charge in [0.2, 0.25) is 0 Å². The number of nitrogens with zero attached hydrogens (tertiary/aromatic N) is 2. The van der Waals surface area contributed by atoms with Gasteiger partial charge in [-0.3, -0.25) is 0 Å². The van der Waals surface area contributed by atoms with Gasteiger partial charge in [0.25, 0.3) is 0 Å². The molecule has 1 aromatic carbocycles. The molecule has 21 heavy (non-hydrogen) atoms. The van der Waals surface area contributed by atoms with Crippen LogP contribution >= 0.6 is 24.0 Å². The van der Waals surface area contributed by atoms with E-state index in [2.05, 4.69) is 9.89 Å². The van der Waals surface area contributed by atoms with Crippen LogP contribution in [0, 0.1) is 5.82 Å². The third-order valence-electron chi connectivity index (χ3n) is 4.26. The third kappa shape index (κ3) is 4.31. The second-order valence-corrected chi connectivity index (χ2v) is 5.85. The summed E-state index contributed by atoms with van der Waals surface area (Å²) in [5.74, 6) is 0.852. The van der Waals surface area contributed by atoms with Crippen molar-refractivity contribution in [3.8, 4) is 0 Å². The van der Waals surface area contributed by atoms with Crippen LogP contribution in [-0.2, 0) is 0 Å². The number of rotatable bonds is 2. The SMILES string of the molecule is I.NC(=N[C@@H]1C[C@H]1c1cccc(F)c1)N1CCCCCC1. The van der Waals surface area contributed by atoms with Crippen molar-refractivity contribution in [1.82, 2.24) is 4.90 Å². The van der Waals surface area contributed by atoms with E-state index in [0.29, 0.717) is 11.9 Å². The molecular formula is C16H23FIN3. The molecule has 0 amide bonds. The smallest absolute Gasteiger partial charge is 0.191 e. The molecule has 2 atom stereocenters. The van der Waals surface area contributed by atoms with Gasteiger partial charge in [0.15, 0.2) is 5.96 Å². The van der Waals surface area contributed by atoms with Crippen LogP contribution in [0.3, 0.4) is 0 Å². The summed E-state index contributed by atoms with van der Waals surface area (Å²) in [5, 5.41) is 0. The lowest BCUT2D eigenvalue weighted by molar-refractivity contribution is 0.428. The standard InChI is InChI=1S/C16H22FN3.HI/c17-13-7-5-6-12(10-13)14-11-15(14)19-16(18)20-8-3-1-2-4-9-20;/h5-7,10,14-15H,1-4,8-9,11H2,(H2,18,19);1H/t14-,15+;/m0./s1. The van der Waals surface area contributed by atoms with Gasteiger partial charge in [0.1, 0.15) is 5.82 Å². The minimum atomic E-state index is -0.169. The number of aliphatic imine (C=N–C) groups is 1. The van der Waals surface area contributed by atoms with Crippen molar-refractivity contribution in [2.45, 2.75) is 44.1 Å². The summed E-state index contributed by atoms with van der Waals surface area (Å²) in [4.78, 5) is 6.84. The Morgan fingerprint density at radius 2 is 1.90 bits per heavy atom. The molecule has 0 unspecified atom stereocenters. The van der Waals surface area contributed by atoms with Crippen molar-refractivity contribution in [3.05, 3.63) is 35.6 Å². The van der Waals surface area contributed by atoms with E-state index in [9.17, 15) is 4.39 Å². The molecule has 2 fully saturated rings. The molecule has 116 valence electrons. The van der Waals surface area contributed by atoms with Crippen LogP contribution < -0.4 is 5.73 Å². The first-order valence-electron chi connectivity index (χ1n) is 7.58. The minimum Gasteiger partial charge on any atom is -0.370 e. The topological polar surface area (TPSA) is 41.6 Å². The Kier molecular flexibility index (Phi) is 5.84. The van der Waals surface area contributed by atoms with Crippen molar-refractivity contribution in [2.24, 2.45) is 10.7 Å². The highest BCUT2D eigenvalue weighted by Gasteiger charge is 2.39. The fourth-order valence-corrected chi connectivity index (χ4v) is 2.97. The molecule has 0 radical (unpaired) electrons. The highest BCUT2D eigenvalue weighted by atomic mass is 127. The van der Waals surface area contributed by atoms with Crippen molar-refractivity contribution >= 4 is 29.9 Å². The van der Waals surface area contributed by atoms with Crippen molar-refractivity contribution in [3.63, 3.8) is 0 Å². The Morgan fingerprint density at radius 3 is 2.57 bits per heavy atom. The molecule has 5 heteroatoms. The Bertz CT molecular complexity index is 498. The first-order chi connectivity index (χ1) is 9.74. The van der Waals surface area contributed by atoms with Crippen LogP contribution in [0.2, 0.25) is 0 Å². The summed E-state index contributed by atoms with van der Waals surface area (Å²) in [6, 6.07) is 7.07. The van der Waals surface area contributed by atoms with E-state index in [0.717, 1.165) is 25.1 Å². The number of hydrogen-bond donors (Lipinski definition) is 1. The predicted molar refractivity (Wildman–Crippen MR) is 94.6 cm³/mol. The van der Waals surface area contributed by atoms with Gasteiger partial charge in [0.05, 0.1) is 6.04 Å². The van der Waals surface area contributed by atoms with Gasteiger partial charge in [-0.25, -0.2) is 9.38 Å². The Labute approximate surface area is 142 Å². The van der Waals surface area contributed by atoms with Gasteiger partial charge in [0, 0.05) is 19.0 Å². The molecule has 1 aliphatic carbocycles. The third-order valence-corrected chi connectivity index (χ3v) is 4.26. The molecule has 3 nitrogen and oxygen atoms in total. The highest BCUT2D eigenvalue weighted by Crippen LogP contribution is 2.43. The van der Waals surface area contributed by atoms with Gasteiger partial charge >= 0.3 is 0 Å². The maximum absolute atomic E-state index is 13.2. The number of nitrogens with two attached hydrogens (primary N) is 1. The van der Waals surface area contributed by atoms with Crippen molar-refractivity contribution in [1.29, 1.82) is 0 Å². The van der Waals surface area contributed by atoms with Gasteiger partial charge in [-0.2, -0.15) is 0 Å². The molecule has 1 aliphatic heterocycles. The molecule has 1 heterocycles. The number of halogens is 2. The number of benzene rings is 1. The molecule has 0 aromatic heterocycles. The first-order valence-corrected chi connectivity index (χ1v) is 7.58. The van der Waals surface area contributed by atoms with Gasteiger partial charge in [-0.15, -0.1) is 24.0 Å². The summed E-state index contributed by atoms with van der Waals surface area (Å²) < 4.78 is 13.2. The predicted octanol–water partition coefficient (Wildman–Crippen LogP) is 3.49. The van der Waals surface area contributed by atoms with Crippen LogP contribution in [0.1, 0.15) is 43.6 Å². The van der Waals surface area contributed by atoms with E-state index in [4.69, 9.17) is 5.73 Å². The Hall–Kier alpha value is -0.850. The number of likely N-dealkylation sites (tertiary alicyclic amines) is 1. The van der Waals surface area contributed by atoms with E-state index in [1.54, 1.807) is 12.1 Å². The maximum Gasteiger partial charge on any atom is 0.191 e. The van der Waals surface area contributed by atoms with E-state index >= 15 is 0 Å². The summed E-state index contributed by atoms with van der Waals surface area (Å²) in [7, 11) is 0. The normalized spacial score (nSPS) is 26.0. The highest BCUT2D eigenvalue weighted by molar-refractivity contribution is 14.0. The second-order valence-electron chi connectivity index (χ2n) is 5.85. The Balaban J connectivity index is 0.00000161. The first kappa shape index (κ1) is 16.5.